The first-order chi connectivity index (χ1) is 8.97. The number of aliphatic carboxylic acids is 2. The van der Waals surface area contributed by atoms with Crippen LogP contribution in [0.2, 0.25) is 0 Å². The van der Waals surface area contributed by atoms with Crippen LogP contribution in [0.15, 0.2) is 11.8 Å². The van der Waals surface area contributed by atoms with Crippen molar-refractivity contribution in [2.75, 3.05) is 13.1 Å². The third-order valence-electron chi connectivity index (χ3n) is 1.95. The minimum Gasteiger partial charge on any atom is -0.481 e. The van der Waals surface area contributed by atoms with E-state index in [2.05, 4.69) is 10.6 Å². The molecule has 0 saturated carbocycles. The van der Waals surface area contributed by atoms with Crippen LogP contribution in [0.3, 0.4) is 0 Å². The van der Waals surface area contributed by atoms with E-state index in [4.69, 9.17) is 15.5 Å². The van der Waals surface area contributed by atoms with Crippen molar-refractivity contribution in [1.29, 1.82) is 5.26 Å². The highest BCUT2D eigenvalue weighted by Gasteiger charge is 2.08. The predicted molar refractivity (Wildman–Crippen MR) is 63.8 cm³/mol. The summed E-state index contributed by atoms with van der Waals surface area (Å²) in [6.07, 6.45) is 1.21. The first-order valence-corrected chi connectivity index (χ1v) is 5.52. The summed E-state index contributed by atoms with van der Waals surface area (Å²) in [7, 11) is 0. The zero-order chi connectivity index (χ0) is 14.7. The number of nitrogens with one attached hydrogen (secondary N) is 2. The molecule has 0 fully saturated rings. The molecule has 0 bridgehead atoms. The average molecular weight is 269 g/mol. The number of carboxylic acids is 2. The number of hydrogen-bond acceptors (Lipinski definition) is 5. The topological polar surface area (TPSA) is 140 Å². The van der Waals surface area contributed by atoms with E-state index in [1.165, 1.54) is 0 Å². The van der Waals surface area contributed by atoms with Gasteiger partial charge >= 0.3 is 11.9 Å². The molecule has 8 nitrogen and oxygen atoms in total. The van der Waals surface area contributed by atoms with Crippen LogP contribution < -0.4 is 10.6 Å². The van der Waals surface area contributed by atoms with Gasteiger partial charge in [0.25, 0.3) is 5.91 Å². The van der Waals surface area contributed by atoms with Crippen molar-refractivity contribution in [3.63, 3.8) is 0 Å². The van der Waals surface area contributed by atoms with Gasteiger partial charge in [0.15, 0.2) is 0 Å². The number of carbonyl (C=O) groups is 3. The van der Waals surface area contributed by atoms with Gasteiger partial charge < -0.3 is 20.8 Å². The normalized spacial score (nSPS) is 10.4. The van der Waals surface area contributed by atoms with Crippen molar-refractivity contribution in [2.24, 2.45) is 0 Å². The lowest BCUT2D eigenvalue weighted by atomic mass is 10.2. The van der Waals surface area contributed by atoms with Crippen LogP contribution in [0.4, 0.5) is 0 Å². The van der Waals surface area contributed by atoms with Crippen LogP contribution in [0, 0.1) is 11.3 Å². The molecule has 0 aromatic heterocycles. The summed E-state index contributed by atoms with van der Waals surface area (Å²) in [5.41, 5.74) is -0.194. The highest BCUT2D eigenvalue weighted by molar-refractivity contribution is 5.97. The van der Waals surface area contributed by atoms with E-state index in [-0.39, 0.29) is 37.9 Å². The summed E-state index contributed by atoms with van der Waals surface area (Å²) in [6.45, 7) is 0.256. The second-order valence-electron chi connectivity index (χ2n) is 3.52. The lowest BCUT2D eigenvalue weighted by Crippen LogP contribution is -2.27. The zero-order valence-electron chi connectivity index (χ0n) is 10.2. The number of nitriles is 1. The first kappa shape index (κ1) is 16.4. The minimum atomic E-state index is -0.988. The number of rotatable bonds is 9. The number of hydrogen-bond donors (Lipinski definition) is 4. The Morgan fingerprint density at radius 1 is 1.11 bits per heavy atom. The van der Waals surface area contributed by atoms with Gasteiger partial charge in [-0.05, 0) is 6.42 Å². The smallest absolute Gasteiger partial charge is 0.305 e. The molecule has 1 amide bonds. The number of amides is 1. The molecule has 4 N–H and O–H groups in total. The van der Waals surface area contributed by atoms with Gasteiger partial charge in [0.1, 0.15) is 11.6 Å². The average Bonchev–Trinajstić information content (AvgIpc) is 2.34. The second kappa shape index (κ2) is 9.47. The predicted octanol–water partition coefficient (Wildman–Crippen LogP) is -0.561. The monoisotopic (exact) mass is 269 g/mol. The highest BCUT2D eigenvalue weighted by atomic mass is 16.4. The molecule has 0 aromatic carbocycles. The summed E-state index contributed by atoms with van der Waals surface area (Å²) in [5.74, 6) is -2.58. The van der Waals surface area contributed by atoms with Crippen molar-refractivity contribution >= 4 is 17.8 Å². The van der Waals surface area contributed by atoms with E-state index in [1.54, 1.807) is 6.07 Å². The van der Waals surface area contributed by atoms with Gasteiger partial charge in [-0.2, -0.15) is 5.26 Å². The minimum absolute atomic E-state index is 0.0667. The molecule has 0 atom stereocenters. The fourth-order valence-corrected chi connectivity index (χ4v) is 1.04. The van der Waals surface area contributed by atoms with Gasteiger partial charge in [0.05, 0.1) is 6.42 Å². The van der Waals surface area contributed by atoms with Crippen LogP contribution in [0.25, 0.3) is 0 Å². The van der Waals surface area contributed by atoms with Crippen molar-refractivity contribution in [1.82, 2.24) is 10.6 Å². The standard InChI is InChI=1S/C11H15N3O5/c12-6-8(7-13-5-3-10(17)18)11(19)14-4-1-2-9(15)16/h7,13H,1-5H2,(H,14,19)(H,15,16)(H,17,18)/b8-7-. The van der Waals surface area contributed by atoms with E-state index >= 15 is 0 Å². The third-order valence-corrected chi connectivity index (χ3v) is 1.95. The molecule has 0 radical (unpaired) electrons. The molecule has 0 saturated heterocycles. The summed E-state index contributed by atoms with van der Waals surface area (Å²) in [6, 6.07) is 1.66. The van der Waals surface area contributed by atoms with Crippen molar-refractivity contribution in [3.8, 4) is 6.07 Å². The highest BCUT2D eigenvalue weighted by Crippen LogP contribution is 1.92. The van der Waals surface area contributed by atoms with E-state index in [9.17, 15) is 14.4 Å². The summed E-state index contributed by atoms with van der Waals surface area (Å²) >= 11 is 0. The maximum absolute atomic E-state index is 11.4. The summed E-state index contributed by atoms with van der Waals surface area (Å²) in [5, 5.41) is 30.4. The molecule has 0 rings (SSSR count). The van der Waals surface area contributed by atoms with E-state index in [0.717, 1.165) is 6.20 Å². The molecule has 0 heterocycles. The Morgan fingerprint density at radius 2 is 1.74 bits per heavy atom. The van der Waals surface area contributed by atoms with Gasteiger partial charge in [-0.3, -0.25) is 14.4 Å². The largest absolute Gasteiger partial charge is 0.481 e. The van der Waals surface area contributed by atoms with Gasteiger partial charge in [-0.15, -0.1) is 0 Å². The maximum atomic E-state index is 11.4. The number of carboxylic acid groups (broad SMARTS) is 2. The van der Waals surface area contributed by atoms with Crippen LogP contribution in [-0.2, 0) is 14.4 Å². The van der Waals surface area contributed by atoms with Crippen LogP contribution in [0.5, 0.6) is 0 Å². The van der Waals surface area contributed by atoms with Gasteiger partial charge in [0, 0.05) is 25.7 Å². The Balaban J connectivity index is 4.03. The van der Waals surface area contributed by atoms with Crippen molar-refractivity contribution in [2.45, 2.75) is 19.3 Å². The molecular formula is C11H15N3O5. The fraction of sp³-hybridized carbons (Fsp3) is 0.455. The summed E-state index contributed by atoms with van der Waals surface area (Å²) < 4.78 is 0. The van der Waals surface area contributed by atoms with Crippen LogP contribution in [0.1, 0.15) is 19.3 Å². The fourth-order valence-electron chi connectivity index (χ4n) is 1.04. The zero-order valence-corrected chi connectivity index (χ0v) is 10.2. The molecule has 19 heavy (non-hydrogen) atoms. The Kier molecular flexibility index (Phi) is 8.19. The van der Waals surface area contributed by atoms with Crippen molar-refractivity contribution in [3.05, 3.63) is 11.8 Å². The molecule has 0 aliphatic heterocycles. The van der Waals surface area contributed by atoms with Gasteiger partial charge in [0.2, 0.25) is 0 Å². The van der Waals surface area contributed by atoms with Crippen molar-refractivity contribution < 1.29 is 24.6 Å². The van der Waals surface area contributed by atoms with Gasteiger partial charge in [-0.25, -0.2) is 0 Å². The molecule has 0 unspecified atom stereocenters. The number of nitrogens with zero attached hydrogens (tertiary/aromatic N) is 1. The Hall–Kier alpha value is -2.56. The molecule has 0 aromatic rings. The molecule has 104 valence electrons. The van der Waals surface area contributed by atoms with Crippen LogP contribution >= 0.6 is 0 Å². The molecular weight excluding hydrogens is 254 g/mol. The lowest BCUT2D eigenvalue weighted by molar-refractivity contribution is -0.138. The molecule has 8 heteroatoms. The van der Waals surface area contributed by atoms with E-state index in [0.29, 0.717) is 0 Å². The Bertz CT molecular complexity index is 411. The third kappa shape index (κ3) is 9.17. The second-order valence-corrected chi connectivity index (χ2v) is 3.52. The lowest BCUT2D eigenvalue weighted by Gasteiger charge is -2.03. The molecule has 0 aliphatic rings. The summed E-state index contributed by atoms with van der Waals surface area (Å²) in [4.78, 5) is 31.9. The van der Waals surface area contributed by atoms with E-state index < -0.39 is 17.8 Å². The van der Waals surface area contributed by atoms with E-state index in [1.807, 2.05) is 0 Å². The Labute approximate surface area is 109 Å². The quantitative estimate of drug-likeness (QED) is 0.250. The number of carbonyl (C=O) groups excluding carboxylic acids is 1. The van der Waals surface area contributed by atoms with Crippen LogP contribution in [-0.4, -0.2) is 41.1 Å². The maximum Gasteiger partial charge on any atom is 0.305 e. The Morgan fingerprint density at radius 3 is 2.26 bits per heavy atom. The SMILES string of the molecule is N#C/C(=C/NCCC(=O)O)C(=O)NCCCC(=O)O. The first-order valence-electron chi connectivity index (χ1n) is 5.52. The molecule has 0 spiro atoms. The van der Waals surface area contributed by atoms with Gasteiger partial charge in [-0.1, -0.05) is 0 Å². The molecule has 0 aliphatic carbocycles.